The van der Waals surface area contributed by atoms with E-state index >= 15 is 0 Å². The predicted molar refractivity (Wildman–Crippen MR) is 61.8 cm³/mol. The van der Waals surface area contributed by atoms with Crippen LogP contribution in [0.25, 0.3) is 0 Å². The molecule has 2 N–H and O–H groups in total. The second-order valence-corrected chi connectivity index (χ2v) is 3.63. The molecule has 0 aliphatic carbocycles. The third kappa shape index (κ3) is 2.79. The number of nitrogens with zero attached hydrogens (tertiary/aromatic N) is 1. The molecule has 0 saturated carbocycles. The van der Waals surface area contributed by atoms with Crippen molar-refractivity contribution >= 4 is 5.91 Å². The first-order chi connectivity index (χ1) is 7.60. The van der Waals surface area contributed by atoms with Crippen molar-refractivity contribution in [3.05, 3.63) is 35.1 Å². The Hall–Kier alpha value is -1.42. The molecule has 3 nitrogen and oxygen atoms in total. The Bertz CT molecular complexity index is 379. The van der Waals surface area contributed by atoms with Crippen molar-refractivity contribution in [2.24, 2.45) is 5.73 Å². The maximum Gasteiger partial charge on any atom is 0.254 e. The Morgan fingerprint density at radius 2 is 2.19 bits per heavy atom. The Balaban J connectivity index is 2.98. The normalized spacial score (nSPS) is 10.2. The zero-order valence-electron chi connectivity index (χ0n) is 9.66. The molecule has 1 amide bonds. The average molecular weight is 224 g/mol. The molecule has 0 aliphatic rings. The lowest BCUT2D eigenvalue weighted by atomic mass is 10.1. The Morgan fingerprint density at radius 3 is 2.75 bits per heavy atom. The number of nitrogens with two attached hydrogens (primary N) is 1. The Kier molecular flexibility index (Phi) is 4.43. The summed E-state index contributed by atoms with van der Waals surface area (Å²) in [7, 11) is 0. The smallest absolute Gasteiger partial charge is 0.254 e. The van der Waals surface area contributed by atoms with Gasteiger partial charge in [-0.05, 0) is 31.5 Å². The van der Waals surface area contributed by atoms with Crippen molar-refractivity contribution < 1.29 is 9.18 Å². The van der Waals surface area contributed by atoms with Crippen LogP contribution in [0.2, 0.25) is 0 Å². The van der Waals surface area contributed by atoms with E-state index in [9.17, 15) is 9.18 Å². The molecule has 0 fully saturated rings. The molecule has 0 spiro atoms. The maximum absolute atomic E-state index is 13.1. The molecule has 0 saturated heterocycles. The van der Waals surface area contributed by atoms with Gasteiger partial charge in [-0.2, -0.15) is 0 Å². The van der Waals surface area contributed by atoms with Crippen molar-refractivity contribution in [3.8, 4) is 0 Å². The number of aryl methyl sites for hydroxylation is 1. The number of likely N-dealkylation sites (N-methyl/N-ethyl adjacent to an activating group) is 1. The number of hydrogen-bond acceptors (Lipinski definition) is 2. The quantitative estimate of drug-likeness (QED) is 0.843. The van der Waals surface area contributed by atoms with Crippen molar-refractivity contribution in [1.29, 1.82) is 0 Å². The van der Waals surface area contributed by atoms with Crippen molar-refractivity contribution in [3.63, 3.8) is 0 Å². The monoisotopic (exact) mass is 224 g/mol. The summed E-state index contributed by atoms with van der Waals surface area (Å²) < 4.78 is 13.1. The summed E-state index contributed by atoms with van der Waals surface area (Å²) in [5, 5.41) is 0. The van der Waals surface area contributed by atoms with Gasteiger partial charge in [0.2, 0.25) is 0 Å². The summed E-state index contributed by atoms with van der Waals surface area (Å²) in [6, 6.07) is 4.24. The fourth-order valence-corrected chi connectivity index (χ4v) is 1.55. The average Bonchev–Trinajstić information content (AvgIpc) is 2.28. The summed E-state index contributed by atoms with van der Waals surface area (Å²) in [6.07, 6.45) is 0. The van der Waals surface area contributed by atoms with E-state index in [0.29, 0.717) is 25.2 Å². The SMILES string of the molecule is CCN(CCN)C(=O)c1cc(F)ccc1C. The number of amides is 1. The van der Waals surface area contributed by atoms with Crippen LogP contribution in [0.4, 0.5) is 4.39 Å². The molecule has 0 aromatic heterocycles. The minimum Gasteiger partial charge on any atom is -0.338 e. The Labute approximate surface area is 95.0 Å². The van der Waals surface area contributed by atoms with Crippen LogP contribution in [-0.4, -0.2) is 30.4 Å². The second kappa shape index (κ2) is 5.61. The maximum atomic E-state index is 13.1. The van der Waals surface area contributed by atoms with Gasteiger partial charge in [-0.1, -0.05) is 6.07 Å². The highest BCUT2D eigenvalue weighted by Gasteiger charge is 2.15. The number of carbonyl (C=O) groups is 1. The summed E-state index contributed by atoms with van der Waals surface area (Å²) in [4.78, 5) is 13.7. The van der Waals surface area contributed by atoms with Crippen LogP contribution in [0, 0.1) is 12.7 Å². The molecule has 1 rings (SSSR count). The standard InChI is InChI=1S/C12H17FN2O/c1-3-15(7-6-14)12(16)11-8-10(13)5-4-9(11)2/h4-5,8H,3,6-7,14H2,1-2H3. The molecule has 0 aliphatic heterocycles. The van der Waals surface area contributed by atoms with Crippen LogP contribution in [0.15, 0.2) is 18.2 Å². The van der Waals surface area contributed by atoms with E-state index < -0.39 is 5.82 Å². The second-order valence-electron chi connectivity index (χ2n) is 3.63. The molecule has 16 heavy (non-hydrogen) atoms. The molecule has 0 radical (unpaired) electrons. The first kappa shape index (κ1) is 12.6. The fourth-order valence-electron chi connectivity index (χ4n) is 1.55. The number of benzene rings is 1. The summed E-state index contributed by atoms with van der Waals surface area (Å²) >= 11 is 0. The van der Waals surface area contributed by atoms with Crippen LogP contribution in [0.1, 0.15) is 22.8 Å². The number of carbonyl (C=O) groups excluding carboxylic acids is 1. The summed E-state index contributed by atoms with van der Waals surface area (Å²) in [5.41, 5.74) is 6.61. The Morgan fingerprint density at radius 1 is 1.50 bits per heavy atom. The van der Waals surface area contributed by atoms with Crippen LogP contribution in [0.5, 0.6) is 0 Å². The van der Waals surface area contributed by atoms with E-state index in [1.165, 1.54) is 12.1 Å². The molecule has 0 unspecified atom stereocenters. The highest BCUT2D eigenvalue weighted by Crippen LogP contribution is 2.12. The molecule has 0 bridgehead atoms. The molecular weight excluding hydrogens is 207 g/mol. The van der Waals surface area contributed by atoms with Crippen LogP contribution < -0.4 is 5.73 Å². The largest absolute Gasteiger partial charge is 0.338 e. The molecule has 88 valence electrons. The lowest BCUT2D eigenvalue weighted by Gasteiger charge is -2.20. The van der Waals surface area contributed by atoms with Crippen LogP contribution >= 0.6 is 0 Å². The van der Waals surface area contributed by atoms with Gasteiger partial charge in [-0.25, -0.2) is 4.39 Å². The molecule has 0 heterocycles. The van der Waals surface area contributed by atoms with Crippen molar-refractivity contribution in [2.75, 3.05) is 19.6 Å². The predicted octanol–water partition coefficient (Wildman–Crippen LogP) is 1.55. The van der Waals surface area contributed by atoms with Gasteiger partial charge in [0.1, 0.15) is 5.82 Å². The number of rotatable bonds is 4. The zero-order chi connectivity index (χ0) is 12.1. The first-order valence-corrected chi connectivity index (χ1v) is 5.35. The van der Waals surface area contributed by atoms with Crippen LogP contribution in [-0.2, 0) is 0 Å². The topological polar surface area (TPSA) is 46.3 Å². The van der Waals surface area contributed by atoms with Crippen LogP contribution in [0.3, 0.4) is 0 Å². The van der Waals surface area contributed by atoms with E-state index in [-0.39, 0.29) is 5.91 Å². The van der Waals surface area contributed by atoms with Gasteiger partial charge in [0, 0.05) is 25.2 Å². The molecule has 4 heteroatoms. The van der Waals surface area contributed by atoms with E-state index in [2.05, 4.69) is 0 Å². The number of hydrogen-bond donors (Lipinski definition) is 1. The highest BCUT2D eigenvalue weighted by molar-refractivity contribution is 5.95. The third-order valence-corrected chi connectivity index (χ3v) is 2.50. The van der Waals surface area contributed by atoms with E-state index in [1.807, 2.05) is 6.92 Å². The zero-order valence-corrected chi connectivity index (χ0v) is 9.66. The van der Waals surface area contributed by atoms with Gasteiger partial charge < -0.3 is 10.6 Å². The van der Waals surface area contributed by atoms with Crippen molar-refractivity contribution in [2.45, 2.75) is 13.8 Å². The van der Waals surface area contributed by atoms with Gasteiger partial charge in [0.15, 0.2) is 0 Å². The lowest BCUT2D eigenvalue weighted by molar-refractivity contribution is 0.0768. The van der Waals surface area contributed by atoms with Gasteiger partial charge in [-0.15, -0.1) is 0 Å². The van der Waals surface area contributed by atoms with Gasteiger partial charge in [0.05, 0.1) is 0 Å². The number of halogens is 1. The minimum absolute atomic E-state index is 0.162. The summed E-state index contributed by atoms with van der Waals surface area (Å²) in [6.45, 7) is 5.15. The van der Waals surface area contributed by atoms with E-state index in [4.69, 9.17) is 5.73 Å². The van der Waals surface area contributed by atoms with E-state index in [1.54, 1.807) is 17.9 Å². The lowest BCUT2D eigenvalue weighted by Crippen LogP contribution is -2.35. The molecular formula is C12H17FN2O. The van der Waals surface area contributed by atoms with E-state index in [0.717, 1.165) is 5.56 Å². The highest BCUT2D eigenvalue weighted by atomic mass is 19.1. The van der Waals surface area contributed by atoms with Gasteiger partial charge >= 0.3 is 0 Å². The van der Waals surface area contributed by atoms with Gasteiger partial charge in [0.25, 0.3) is 5.91 Å². The minimum atomic E-state index is -0.391. The fraction of sp³-hybridized carbons (Fsp3) is 0.417. The van der Waals surface area contributed by atoms with Crippen molar-refractivity contribution in [1.82, 2.24) is 4.90 Å². The summed E-state index contributed by atoms with van der Waals surface area (Å²) in [5.74, 6) is -0.553. The molecule has 1 aromatic rings. The third-order valence-electron chi connectivity index (χ3n) is 2.50. The first-order valence-electron chi connectivity index (χ1n) is 5.35. The van der Waals surface area contributed by atoms with Gasteiger partial charge in [-0.3, -0.25) is 4.79 Å². The molecule has 1 aromatic carbocycles. The molecule has 0 atom stereocenters.